The normalized spacial score (nSPS) is 10.5. The minimum absolute atomic E-state index is 0.0691. The van der Waals surface area contributed by atoms with E-state index >= 15 is 0 Å². The summed E-state index contributed by atoms with van der Waals surface area (Å²) in [5.41, 5.74) is 1.87. The van der Waals surface area contributed by atoms with Crippen molar-refractivity contribution in [2.24, 2.45) is 0 Å². The third-order valence-corrected chi connectivity index (χ3v) is 5.69. The lowest BCUT2D eigenvalue weighted by atomic mass is 10.1. The van der Waals surface area contributed by atoms with Crippen LogP contribution in [0.2, 0.25) is 0 Å². The summed E-state index contributed by atoms with van der Waals surface area (Å²) >= 11 is 2.33. The molecule has 0 radical (unpaired) electrons. The zero-order valence-electron chi connectivity index (χ0n) is 14.9. The van der Waals surface area contributed by atoms with Crippen molar-refractivity contribution >= 4 is 45.7 Å². The number of nitrogens with one attached hydrogen (secondary N) is 2. The van der Waals surface area contributed by atoms with Crippen LogP contribution in [0.15, 0.2) is 52.9 Å². The number of anilines is 2. The molecule has 0 aliphatic carbocycles. The number of carbonyl (C=O) groups is 2. The van der Waals surface area contributed by atoms with Gasteiger partial charge in [-0.3, -0.25) is 14.9 Å². The van der Waals surface area contributed by atoms with Crippen LogP contribution in [0, 0.1) is 5.82 Å². The molecule has 2 aromatic carbocycles. The fourth-order valence-corrected chi connectivity index (χ4v) is 3.82. The molecule has 1 aromatic heterocycles. The van der Waals surface area contributed by atoms with Crippen LogP contribution in [0.5, 0.6) is 0 Å². The van der Waals surface area contributed by atoms with Gasteiger partial charge in [0.1, 0.15) is 5.82 Å². The van der Waals surface area contributed by atoms with Crippen molar-refractivity contribution in [2.75, 3.05) is 16.4 Å². The van der Waals surface area contributed by atoms with Crippen molar-refractivity contribution in [3.05, 3.63) is 65.5 Å². The fraction of sp³-hybridized carbons (Fsp3) is 0.158. The first-order valence-corrected chi connectivity index (χ1v) is 10.3. The van der Waals surface area contributed by atoms with Gasteiger partial charge in [-0.15, -0.1) is 10.2 Å². The highest BCUT2D eigenvalue weighted by molar-refractivity contribution is 8.01. The molecule has 144 valence electrons. The van der Waals surface area contributed by atoms with Crippen LogP contribution in [0.4, 0.5) is 15.2 Å². The quantitative estimate of drug-likeness (QED) is 0.445. The number of nitrogens with zero attached hydrogens (tertiary/aromatic N) is 2. The van der Waals surface area contributed by atoms with Crippen molar-refractivity contribution in [1.29, 1.82) is 0 Å². The molecule has 0 fully saturated rings. The topological polar surface area (TPSA) is 84.0 Å². The maximum atomic E-state index is 13.6. The molecule has 3 aromatic rings. The zero-order chi connectivity index (χ0) is 19.9. The Balaban J connectivity index is 1.50. The Morgan fingerprint density at radius 3 is 2.54 bits per heavy atom. The molecular formula is C19H17FN4O2S2. The predicted octanol–water partition coefficient (Wildman–Crippen LogP) is 4.22. The second-order valence-corrected chi connectivity index (χ2v) is 7.89. The van der Waals surface area contributed by atoms with Gasteiger partial charge in [-0.05, 0) is 36.2 Å². The summed E-state index contributed by atoms with van der Waals surface area (Å²) in [6.45, 7) is 2.07. The van der Waals surface area contributed by atoms with Crippen LogP contribution in [0.3, 0.4) is 0 Å². The van der Waals surface area contributed by atoms with Crippen molar-refractivity contribution in [3.63, 3.8) is 0 Å². The highest BCUT2D eigenvalue weighted by Gasteiger charge is 2.14. The molecule has 0 aliphatic heterocycles. The van der Waals surface area contributed by atoms with E-state index < -0.39 is 11.7 Å². The van der Waals surface area contributed by atoms with Crippen molar-refractivity contribution in [3.8, 4) is 0 Å². The van der Waals surface area contributed by atoms with E-state index in [2.05, 4.69) is 27.8 Å². The van der Waals surface area contributed by atoms with Crippen LogP contribution in [-0.4, -0.2) is 27.8 Å². The zero-order valence-corrected chi connectivity index (χ0v) is 16.6. The number of amides is 2. The number of carbonyl (C=O) groups excluding carboxylic acids is 2. The molecule has 28 heavy (non-hydrogen) atoms. The van der Waals surface area contributed by atoms with Gasteiger partial charge in [0.15, 0.2) is 4.34 Å². The number of benzene rings is 2. The Labute approximate surface area is 169 Å². The first kappa shape index (κ1) is 20.0. The number of rotatable bonds is 7. The van der Waals surface area contributed by atoms with Gasteiger partial charge < -0.3 is 5.32 Å². The lowest BCUT2D eigenvalue weighted by Gasteiger charge is -2.05. The average molecular weight is 417 g/mol. The van der Waals surface area contributed by atoms with Crippen LogP contribution >= 0.6 is 23.1 Å². The molecule has 3 rings (SSSR count). The summed E-state index contributed by atoms with van der Waals surface area (Å²) in [6.07, 6.45) is 0.941. The van der Waals surface area contributed by atoms with Gasteiger partial charge in [0.05, 0.1) is 11.3 Å². The number of aryl methyl sites for hydroxylation is 1. The second kappa shape index (κ2) is 9.43. The monoisotopic (exact) mass is 416 g/mol. The Morgan fingerprint density at radius 2 is 1.82 bits per heavy atom. The van der Waals surface area contributed by atoms with E-state index in [1.54, 1.807) is 6.07 Å². The van der Waals surface area contributed by atoms with Gasteiger partial charge in [-0.25, -0.2) is 4.39 Å². The summed E-state index contributed by atoms with van der Waals surface area (Å²) < 4.78 is 14.2. The van der Waals surface area contributed by atoms with Crippen molar-refractivity contribution < 1.29 is 14.0 Å². The maximum Gasteiger partial charge on any atom is 0.260 e. The third kappa shape index (κ3) is 5.37. The van der Waals surface area contributed by atoms with Gasteiger partial charge in [0.2, 0.25) is 11.0 Å². The molecule has 2 amide bonds. The maximum absolute atomic E-state index is 13.6. The lowest BCUT2D eigenvalue weighted by molar-refractivity contribution is -0.113. The van der Waals surface area contributed by atoms with E-state index in [0.717, 1.165) is 23.4 Å². The molecule has 2 N–H and O–H groups in total. The Kier molecular flexibility index (Phi) is 6.72. The predicted molar refractivity (Wildman–Crippen MR) is 109 cm³/mol. The SMILES string of the molecule is CCc1ccc(NC(=O)CSc2nnc(NC(=O)c3ccccc3F)s2)cc1. The third-order valence-electron chi connectivity index (χ3n) is 3.72. The molecule has 0 saturated heterocycles. The molecule has 0 saturated carbocycles. The molecule has 0 bridgehead atoms. The Hall–Kier alpha value is -2.78. The Morgan fingerprint density at radius 1 is 1.07 bits per heavy atom. The standard InChI is InChI=1S/C19H17FN4O2S2/c1-2-12-7-9-13(10-8-12)21-16(25)11-27-19-24-23-18(28-19)22-17(26)14-5-3-4-6-15(14)20/h3-10H,2,11H2,1H3,(H,21,25)(H,22,23,26). The van der Waals surface area contributed by atoms with Crippen LogP contribution < -0.4 is 10.6 Å². The lowest BCUT2D eigenvalue weighted by Crippen LogP contribution is -2.13. The number of halogens is 1. The molecule has 0 aliphatic rings. The first-order valence-electron chi connectivity index (χ1n) is 8.46. The molecule has 1 heterocycles. The van der Waals surface area contributed by atoms with E-state index in [9.17, 15) is 14.0 Å². The van der Waals surface area contributed by atoms with Gasteiger partial charge in [0.25, 0.3) is 5.91 Å². The fourth-order valence-electron chi connectivity index (χ4n) is 2.28. The summed E-state index contributed by atoms with van der Waals surface area (Å²) in [4.78, 5) is 24.1. The van der Waals surface area contributed by atoms with E-state index in [1.807, 2.05) is 24.3 Å². The smallest absolute Gasteiger partial charge is 0.260 e. The van der Waals surface area contributed by atoms with Crippen molar-refractivity contribution in [2.45, 2.75) is 17.7 Å². The molecule has 0 unspecified atom stereocenters. The molecule has 6 nitrogen and oxygen atoms in total. The summed E-state index contributed by atoms with van der Waals surface area (Å²) in [5, 5.41) is 13.4. The van der Waals surface area contributed by atoms with E-state index in [-0.39, 0.29) is 22.4 Å². The van der Waals surface area contributed by atoms with E-state index in [0.29, 0.717) is 4.34 Å². The molecular weight excluding hydrogens is 399 g/mol. The van der Waals surface area contributed by atoms with E-state index in [4.69, 9.17) is 0 Å². The summed E-state index contributed by atoms with van der Waals surface area (Å²) in [6, 6.07) is 13.4. The van der Waals surface area contributed by atoms with Gasteiger partial charge in [-0.2, -0.15) is 0 Å². The average Bonchev–Trinajstić information content (AvgIpc) is 3.14. The van der Waals surface area contributed by atoms with Gasteiger partial charge in [-0.1, -0.05) is 54.3 Å². The second-order valence-electron chi connectivity index (χ2n) is 5.69. The summed E-state index contributed by atoms with van der Waals surface area (Å²) in [5.74, 6) is -1.21. The van der Waals surface area contributed by atoms with Gasteiger partial charge in [0, 0.05) is 5.69 Å². The van der Waals surface area contributed by atoms with Crippen LogP contribution in [-0.2, 0) is 11.2 Å². The number of hydrogen-bond acceptors (Lipinski definition) is 6. The minimum atomic E-state index is -0.609. The molecule has 0 spiro atoms. The number of aromatic nitrogens is 2. The van der Waals surface area contributed by atoms with Crippen LogP contribution in [0.1, 0.15) is 22.8 Å². The van der Waals surface area contributed by atoms with Crippen molar-refractivity contribution in [1.82, 2.24) is 10.2 Å². The van der Waals surface area contributed by atoms with E-state index in [1.165, 1.54) is 35.5 Å². The van der Waals surface area contributed by atoms with Gasteiger partial charge >= 0.3 is 0 Å². The Bertz CT molecular complexity index is 976. The van der Waals surface area contributed by atoms with Crippen LogP contribution in [0.25, 0.3) is 0 Å². The number of thioether (sulfide) groups is 1. The molecule has 9 heteroatoms. The first-order chi connectivity index (χ1) is 13.5. The highest BCUT2D eigenvalue weighted by Crippen LogP contribution is 2.26. The largest absolute Gasteiger partial charge is 0.325 e. The minimum Gasteiger partial charge on any atom is -0.325 e. The summed E-state index contributed by atoms with van der Waals surface area (Å²) in [7, 11) is 0. The molecule has 0 atom stereocenters. The highest BCUT2D eigenvalue weighted by atomic mass is 32.2. The number of hydrogen-bond donors (Lipinski definition) is 2.